The lowest BCUT2D eigenvalue weighted by Crippen LogP contribution is -2.13. The van der Waals surface area contributed by atoms with E-state index >= 15 is 0 Å². The van der Waals surface area contributed by atoms with Crippen LogP contribution in [-0.2, 0) is 0 Å². The number of halogens is 2. The van der Waals surface area contributed by atoms with Crippen molar-refractivity contribution in [2.24, 2.45) is 5.73 Å². The van der Waals surface area contributed by atoms with Crippen molar-refractivity contribution in [1.29, 1.82) is 0 Å². The summed E-state index contributed by atoms with van der Waals surface area (Å²) >= 11 is 5.76. The molecule has 0 amide bonds. The molecule has 2 N–H and O–H groups in total. The fourth-order valence-corrected chi connectivity index (χ4v) is 2.49. The Balaban J connectivity index is 2.05. The Morgan fingerprint density at radius 2 is 1.65 bits per heavy atom. The van der Waals surface area contributed by atoms with E-state index in [4.69, 9.17) is 17.3 Å². The van der Waals surface area contributed by atoms with Crippen molar-refractivity contribution in [3.63, 3.8) is 0 Å². The average Bonchev–Trinajstić information content (AvgIpc) is 2.46. The molecule has 3 aromatic rings. The summed E-state index contributed by atoms with van der Waals surface area (Å²) in [5, 5.41) is 2.60. The van der Waals surface area contributed by atoms with E-state index < -0.39 is 6.04 Å². The second-order valence-corrected chi connectivity index (χ2v) is 5.19. The molecule has 0 aliphatic heterocycles. The Morgan fingerprint density at radius 3 is 2.40 bits per heavy atom. The molecule has 0 saturated carbocycles. The van der Waals surface area contributed by atoms with Crippen LogP contribution < -0.4 is 5.73 Å². The molecule has 3 aromatic carbocycles. The van der Waals surface area contributed by atoms with Gasteiger partial charge in [-0.15, -0.1) is 0 Å². The summed E-state index contributed by atoms with van der Waals surface area (Å²) in [5.41, 5.74) is 7.50. The molecule has 0 aromatic heterocycles. The van der Waals surface area contributed by atoms with Crippen LogP contribution >= 0.6 is 11.6 Å². The van der Waals surface area contributed by atoms with Gasteiger partial charge in [-0.2, -0.15) is 0 Å². The number of rotatable bonds is 2. The Hall–Kier alpha value is -1.90. The summed E-state index contributed by atoms with van der Waals surface area (Å²) < 4.78 is 13.9. The number of hydrogen-bond acceptors (Lipinski definition) is 1. The van der Waals surface area contributed by atoms with Gasteiger partial charge in [0.05, 0.1) is 6.04 Å². The second kappa shape index (κ2) is 5.23. The quantitative estimate of drug-likeness (QED) is 0.727. The zero-order valence-electron chi connectivity index (χ0n) is 10.7. The van der Waals surface area contributed by atoms with Crippen molar-refractivity contribution in [2.75, 3.05) is 0 Å². The zero-order valence-corrected chi connectivity index (χ0v) is 11.4. The molecular weight excluding hydrogens is 273 g/mol. The van der Waals surface area contributed by atoms with Crippen LogP contribution in [0.2, 0.25) is 5.02 Å². The van der Waals surface area contributed by atoms with Gasteiger partial charge < -0.3 is 5.73 Å². The molecule has 100 valence electrons. The smallest absolute Gasteiger partial charge is 0.129 e. The summed E-state index contributed by atoms with van der Waals surface area (Å²) in [6.07, 6.45) is 0. The highest BCUT2D eigenvalue weighted by atomic mass is 35.5. The Labute approximate surface area is 121 Å². The maximum Gasteiger partial charge on any atom is 0.129 e. The number of hydrogen-bond donors (Lipinski definition) is 1. The van der Waals surface area contributed by atoms with Crippen LogP contribution in [0.1, 0.15) is 17.2 Å². The normalized spacial score (nSPS) is 12.6. The minimum atomic E-state index is -0.503. The maximum atomic E-state index is 13.9. The van der Waals surface area contributed by atoms with E-state index in [0.29, 0.717) is 10.6 Å². The first-order valence-electron chi connectivity index (χ1n) is 6.34. The molecule has 0 saturated heterocycles. The molecule has 3 heteroatoms. The molecule has 0 bridgehead atoms. The van der Waals surface area contributed by atoms with Gasteiger partial charge >= 0.3 is 0 Å². The van der Waals surface area contributed by atoms with Crippen LogP contribution in [0.3, 0.4) is 0 Å². The molecule has 3 rings (SSSR count). The van der Waals surface area contributed by atoms with Gasteiger partial charge in [0.15, 0.2) is 0 Å². The van der Waals surface area contributed by atoms with E-state index in [1.54, 1.807) is 12.1 Å². The molecule has 0 radical (unpaired) electrons. The van der Waals surface area contributed by atoms with Gasteiger partial charge in [0, 0.05) is 10.6 Å². The molecule has 0 aliphatic rings. The molecular formula is C17H13ClFN. The van der Waals surface area contributed by atoms with E-state index in [1.807, 2.05) is 42.5 Å². The lowest BCUT2D eigenvalue weighted by molar-refractivity contribution is 0.600. The van der Waals surface area contributed by atoms with E-state index in [1.165, 1.54) is 6.07 Å². The maximum absolute atomic E-state index is 13.9. The molecule has 0 fully saturated rings. The van der Waals surface area contributed by atoms with E-state index in [2.05, 4.69) is 0 Å². The summed E-state index contributed by atoms with van der Waals surface area (Å²) in [6.45, 7) is 0. The molecule has 0 spiro atoms. The van der Waals surface area contributed by atoms with Crippen LogP contribution in [0.5, 0.6) is 0 Å². The van der Waals surface area contributed by atoms with Crippen molar-refractivity contribution in [3.8, 4) is 0 Å². The minimum Gasteiger partial charge on any atom is -0.320 e. The first kappa shape index (κ1) is 13.1. The van der Waals surface area contributed by atoms with Crippen molar-refractivity contribution >= 4 is 22.4 Å². The lowest BCUT2D eigenvalue weighted by atomic mass is 9.96. The molecule has 1 nitrogen and oxygen atoms in total. The fourth-order valence-electron chi connectivity index (χ4n) is 2.33. The lowest BCUT2D eigenvalue weighted by Gasteiger charge is -2.14. The van der Waals surface area contributed by atoms with Gasteiger partial charge in [-0.3, -0.25) is 0 Å². The third kappa shape index (κ3) is 2.40. The van der Waals surface area contributed by atoms with E-state index in [9.17, 15) is 4.39 Å². The largest absolute Gasteiger partial charge is 0.320 e. The van der Waals surface area contributed by atoms with Gasteiger partial charge in [-0.1, -0.05) is 54.1 Å². The number of benzene rings is 3. The first-order chi connectivity index (χ1) is 9.65. The highest BCUT2D eigenvalue weighted by molar-refractivity contribution is 6.30. The fraction of sp³-hybridized carbons (Fsp3) is 0.0588. The molecule has 20 heavy (non-hydrogen) atoms. The van der Waals surface area contributed by atoms with Crippen molar-refractivity contribution < 1.29 is 4.39 Å². The SMILES string of the molecule is NC(c1ccc2ccccc2c1)c1ccc(Cl)cc1F. The van der Waals surface area contributed by atoms with Crippen molar-refractivity contribution in [2.45, 2.75) is 6.04 Å². The Bertz CT molecular complexity index is 770. The second-order valence-electron chi connectivity index (χ2n) is 4.75. The molecule has 0 aliphatic carbocycles. The molecule has 1 atom stereocenters. The third-order valence-corrected chi connectivity index (χ3v) is 3.67. The van der Waals surface area contributed by atoms with Crippen LogP contribution in [0.4, 0.5) is 4.39 Å². The summed E-state index contributed by atoms with van der Waals surface area (Å²) in [4.78, 5) is 0. The van der Waals surface area contributed by atoms with Crippen LogP contribution in [0, 0.1) is 5.82 Å². The van der Waals surface area contributed by atoms with Gasteiger partial charge in [0.1, 0.15) is 5.82 Å². The van der Waals surface area contributed by atoms with Crippen LogP contribution in [0.25, 0.3) is 10.8 Å². The van der Waals surface area contributed by atoms with E-state index in [-0.39, 0.29) is 5.82 Å². The van der Waals surface area contributed by atoms with Gasteiger partial charge in [0.2, 0.25) is 0 Å². The van der Waals surface area contributed by atoms with Gasteiger partial charge in [-0.25, -0.2) is 4.39 Å². The first-order valence-corrected chi connectivity index (χ1v) is 6.72. The van der Waals surface area contributed by atoms with Crippen molar-refractivity contribution in [1.82, 2.24) is 0 Å². The highest BCUT2D eigenvalue weighted by Crippen LogP contribution is 2.26. The van der Waals surface area contributed by atoms with E-state index in [0.717, 1.165) is 16.3 Å². The number of nitrogens with two attached hydrogens (primary N) is 1. The van der Waals surface area contributed by atoms with Gasteiger partial charge in [0.25, 0.3) is 0 Å². The summed E-state index contributed by atoms with van der Waals surface area (Å²) in [6, 6.07) is 18.0. The number of fused-ring (bicyclic) bond motifs is 1. The Kier molecular flexibility index (Phi) is 3.43. The third-order valence-electron chi connectivity index (χ3n) is 3.43. The summed E-state index contributed by atoms with van der Waals surface area (Å²) in [7, 11) is 0. The topological polar surface area (TPSA) is 26.0 Å². The predicted octanol–water partition coefficient (Wildman–Crippen LogP) is 4.68. The van der Waals surface area contributed by atoms with Crippen LogP contribution in [-0.4, -0.2) is 0 Å². The summed E-state index contributed by atoms with van der Waals surface area (Å²) in [5.74, 6) is -0.377. The van der Waals surface area contributed by atoms with Crippen LogP contribution in [0.15, 0.2) is 60.7 Å². The van der Waals surface area contributed by atoms with Gasteiger partial charge in [-0.05, 0) is 34.5 Å². The van der Waals surface area contributed by atoms with Crippen molar-refractivity contribution in [3.05, 3.63) is 82.6 Å². The zero-order chi connectivity index (χ0) is 14.1. The molecule has 0 heterocycles. The monoisotopic (exact) mass is 285 g/mol. The predicted molar refractivity (Wildman–Crippen MR) is 81.4 cm³/mol. The standard InChI is InChI=1S/C17H13ClFN/c18-14-7-8-15(16(19)10-14)17(20)13-6-5-11-3-1-2-4-12(11)9-13/h1-10,17H,20H2. The average molecular weight is 286 g/mol. The highest BCUT2D eigenvalue weighted by Gasteiger charge is 2.14. The molecule has 1 unspecified atom stereocenters. The Morgan fingerprint density at radius 1 is 0.900 bits per heavy atom. The minimum absolute atomic E-state index is 0.372.